The fraction of sp³-hybridized carbons (Fsp3) is 0.500. The van der Waals surface area contributed by atoms with Gasteiger partial charge in [-0.25, -0.2) is 0 Å². The minimum absolute atomic E-state index is 0.0995. The number of alkyl halides is 2. The van der Waals surface area contributed by atoms with Crippen LogP contribution in [-0.4, -0.2) is 6.54 Å². The van der Waals surface area contributed by atoms with E-state index in [0.717, 1.165) is 11.1 Å². The van der Waals surface area contributed by atoms with Crippen LogP contribution in [0.25, 0.3) is 0 Å². The van der Waals surface area contributed by atoms with Crippen molar-refractivity contribution in [3.05, 3.63) is 33.9 Å². The van der Waals surface area contributed by atoms with Crippen molar-refractivity contribution >= 4 is 0 Å². The van der Waals surface area contributed by atoms with E-state index in [1.165, 1.54) is 0 Å². The highest BCUT2D eigenvalue weighted by molar-refractivity contribution is 5.46. The normalized spacial score (nSPS) is 11.9. The first-order chi connectivity index (χ1) is 6.81. The van der Waals surface area contributed by atoms with Gasteiger partial charge in [0.25, 0.3) is 5.92 Å². The van der Waals surface area contributed by atoms with E-state index in [2.05, 4.69) is 0 Å². The van der Waals surface area contributed by atoms with Gasteiger partial charge in [0.1, 0.15) is 0 Å². The highest BCUT2D eigenvalue weighted by atomic mass is 19.3. The van der Waals surface area contributed by atoms with Crippen LogP contribution in [0, 0.1) is 27.7 Å². The Kier molecular flexibility index (Phi) is 3.14. The van der Waals surface area contributed by atoms with E-state index in [1.807, 2.05) is 19.9 Å². The number of halogens is 2. The van der Waals surface area contributed by atoms with Crippen molar-refractivity contribution in [1.82, 2.24) is 0 Å². The van der Waals surface area contributed by atoms with Gasteiger partial charge in [0.2, 0.25) is 0 Å². The molecule has 15 heavy (non-hydrogen) atoms. The van der Waals surface area contributed by atoms with Gasteiger partial charge in [-0.15, -0.1) is 0 Å². The first kappa shape index (κ1) is 12.1. The van der Waals surface area contributed by atoms with Crippen LogP contribution in [0.2, 0.25) is 0 Å². The molecule has 0 heterocycles. The summed E-state index contributed by atoms with van der Waals surface area (Å²) in [5.74, 6) is -2.93. The maximum Gasteiger partial charge on any atom is 0.285 e. The molecule has 0 aliphatic rings. The van der Waals surface area contributed by atoms with Crippen LogP contribution in [-0.2, 0) is 5.92 Å². The van der Waals surface area contributed by atoms with E-state index in [0.29, 0.717) is 11.1 Å². The van der Waals surface area contributed by atoms with Gasteiger partial charge in [0, 0.05) is 5.56 Å². The lowest BCUT2D eigenvalue weighted by atomic mass is 9.90. The van der Waals surface area contributed by atoms with Crippen molar-refractivity contribution in [3.63, 3.8) is 0 Å². The van der Waals surface area contributed by atoms with E-state index in [9.17, 15) is 8.78 Å². The number of rotatable bonds is 2. The van der Waals surface area contributed by atoms with Crippen LogP contribution in [0.1, 0.15) is 27.8 Å². The van der Waals surface area contributed by atoms with Gasteiger partial charge in [-0.1, -0.05) is 6.07 Å². The summed E-state index contributed by atoms with van der Waals surface area (Å²) in [5.41, 5.74) is 8.30. The summed E-state index contributed by atoms with van der Waals surface area (Å²) in [6.45, 7) is 6.49. The van der Waals surface area contributed by atoms with Crippen molar-refractivity contribution in [2.75, 3.05) is 6.54 Å². The van der Waals surface area contributed by atoms with E-state index >= 15 is 0 Å². The van der Waals surface area contributed by atoms with E-state index in [4.69, 9.17) is 5.73 Å². The third-order valence-electron chi connectivity index (χ3n) is 2.99. The van der Waals surface area contributed by atoms with Gasteiger partial charge in [0.05, 0.1) is 6.54 Å². The van der Waals surface area contributed by atoms with Crippen LogP contribution in [0.3, 0.4) is 0 Å². The Hall–Kier alpha value is -0.960. The van der Waals surface area contributed by atoms with Gasteiger partial charge in [-0.3, -0.25) is 0 Å². The lowest BCUT2D eigenvalue weighted by molar-refractivity contribution is 0.00456. The molecule has 1 rings (SSSR count). The van der Waals surface area contributed by atoms with Gasteiger partial charge in [-0.05, 0) is 49.9 Å². The lowest BCUT2D eigenvalue weighted by Crippen LogP contribution is -2.27. The topological polar surface area (TPSA) is 26.0 Å². The van der Waals surface area contributed by atoms with Gasteiger partial charge in [0.15, 0.2) is 0 Å². The predicted molar refractivity (Wildman–Crippen MR) is 58.3 cm³/mol. The number of hydrogen-bond donors (Lipinski definition) is 1. The minimum atomic E-state index is -2.93. The van der Waals surface area contributed by atoms with Crippen molar-refractivity contribution in [1.29, 1.82) is 0 Å². The molecule has 0 spiro atoms. The molecule has 0 aromatic heterocycles. The Labute approximate surface area is 89.3 Å². The molecule has 0 amide bonds. The maximum absolute atomic E-state index is 13.6. The summed E-state index contributed by atoms with van der Waals surface area (Å²) in [6.07, 6.45) is 0. The molecule has 2 N–H and O–H groups in total. The van der Waals surface area contributed by atoms with Crippen LogP contribution >= 0.6 is 0 Å². The molecular formula is C12H17F2N. The molecule has 1 aromatic carbocycles. The molecule has 0 aliphatic heterocycles. The zero-order chi connectivity index (χ0) is 11.8. The van der Waals surface area contributed by atoms with Crippen molar-refractivity contribution in [2.24, 2.45) is 5.73 Å². The highest BCUT2D eigenvalue weighted by Crippen LogP contribution is 2.34. The summed E-state index contributed by atoms with van der Waals surface area (Å²) in [4.78, 5) is 0. The van der Waals surface area contributed by atoms with E-state index in [1.54, 1.807) is 13.8 Å². The predicted octanol–water partition coefficient (Wildman–Crippen LogP) is 2.97. The quantitative estimate of drug-likeness (QED) is 0.803. The molecule has 0 unspecified atom stereocenters. The fourth-order valence-corrected chi connectivity index (χ4v) is 1.87. The first-order valence-corrected chi connectivity index (χ1v) is 4.97. The number of aryl methyl sites for hydroxylation is 2. The summed E-state index contributed by atoms with van der Waals surface area (Å²) in [7, 11) is 0. The Bertz CT molecular complexity index is 357. The molecule has 3 heteroatoms. The monoisotopic (exact) mass is 213 g/mol. The Morgan fingerprint density at radius 2 is 1.47 bits per heavy atom. The smallest absolute Gasteiger partial charge is 0.285 e. The second-order valence-electron chi connectivity index (χ2n) is 4.04. The summed E-state index contributed by atoms with van der Waals surface area (Å²) < 4.78 is 27.3. The molecule has 0 aliphatic carbocycles. The van der Waals surface area contributed by atoms with E-state index in [-0.39, 0.29) is 5.56 Å². The SMILES string of the molecule is Cc1cc(C)c(C)c(C(F)(F)CN)c1C. The van der Waals surface area contributed by atoms with Gasteiger partial charge < -0.3 is 5.73 Å². The minimum Gasteiger partial charge on any atom is -0.325 e. The zero-order valence-electron chi connectivity index (χ0n) is 9.62. The molecule has 1 nitrogen and oxygen atoms in total. The molecule has 0 radical (unpaired) electrons. The molecule has 1 aromatic rings. The largest absolute Gasteiger partial charge is 0.325 e. The fourth-order valence-electron chi connectivity index (χ4n) is 1.87. The second kappa shape index (κ2) is 3.89. The van der Waals surface area contributed by atoms with Crippen molar-refractivity contribution < 1.29 is 8.78 Å². The third kappa shape index (κ3) is 2.02. The molecule has 0 atom stereocenters. The summed E-state index contributed by atoms with van der Waals surface area (Å²) in [6, 6.07) is 1.93. The highest BCUT2D eigenvalue weighted by Gasteiger charge is 2.33. The average Bonchev–Trinajstić information content (AvgIpc) is 2.15. The molecular weight excluding hydrogens is 196 g/mol. The third-order valence-corrected chi connectivity index (χ3v) is 2.99. The molecule has 0 saturated heterocycles. The van der Waals surface area contributed by atoms with Crippen LogP contribution < -0.4 is 5.73 Å². The molecule has 0 bridgehead atoms. The number of nitrogens with two attached hydrogens (primary N) is 1. The first-order valence-electron chi connectivity index (χ1n) is 4.97. The molecule has 0 saturated carbocycles. The zero-order valence-corrected chi connectivity index (χ0v) is 9.62. The van der Waals surface area contributed by atoms with Crippen LogP contribution in [0.5, 0.6) is 0 Å². The standard InChI is InChI=1S/C12H17F2N/c1-7-5-8(2)10(4)11(9(7)3)12(13,14)6-15/h5H,6,15H2,1-4H3. The number of benzene rings is 1. The summed E-state index contributed by atoms with van der Waals surface area (Å²) >= 11 is 0. The van der Waals surface area contributed by atoms with Crippen LogP contribution in [0.4, 0.5) is 8.78 Å². The van der Waals surface area contributed by atoms with Crippen LogP contribution in [0.15, 0.2) is 6.07 Å². The Morgan fingerprint density at radius 1 is 1.07 bits per heavy atom. The Balaban J connectivity index is 3.53. The van der Waals surface area contributed by atoms with Crippen molar-refractivity contribution in [3.8, 4) is 0 Å². The van der Waals surface area contributed by atoms with Crippen molar-refractivity contribution in [2.45, 2.75) is 33.6 Å². The summed E-state index contributed by atoms with van der Waals surface area (Å²) in [5, 5.41) is 0. The van der Waals surface area contributed by atoms with E-state index < -0.39 is 12.5 Å². The second-order valence-corrected chi connectivity index (χ2v) is 4.04. The molecule has 84 valence electrons. The molecule has 0 fully saturated rings. The maximum atomic E-state index is 13.6. The number of hydrogen-bond acceptors (Lipinski definition) is 1. The Morgan fingerprint density at radius 3 is 1.80 bits per heavy atom. The lowest BCUT2D eigenvalue weighted by Gasteiger charge is -2.22. The average molecular weight is 213 g/mol. The van der Waals surface area contributed by atoms with Gasteiger partial charge in [-0.2, -0.15) is 8.78 Å². The van der Waals surface area contributed by atoms with Gasteiger partial charge >= 0.3 is 0 Å².